The second-order valence-corrected chi connectivity index (χ2v) is 6.33. The van der Waals surface area contributed by atoms with Crippen LogP contribution in [0.3, 0.4) is 0 Å². The normalized spacial score (nSPS) is 10.5. The fourth-order valence-electron chi connectivity index (χ4n) is 1.60. The molecule has 2 aromatic rings. The number of esters is 1. The largest absolute Gasteiger partial charge is 0.466 e. The quantitative estimate of drug-likeness (QED) is 0.814. The van der Waals surface area contributed by atoms with Crippen molar-refractivity contribution >= 4 is 39.1 Å². The molecule has 0 bridgehead atoms. The molecule has 2 heterocycles. The number of nitrogen functional groups attached to an aromatic ring is 1. The number of ether oxygens (including phenoxy) is 1. The van der Waals surface area contributed by atoms with E-state index < -0.39 is 11.5 Å². The Kier molecular flexibility index (Phi) is 4.56. The molecule has 0 aliphatic carbocycles. The number of aromatic nitrogens is 2. The number of carbonyl (C=O) groups excluding carboxylic acids is 1. The molecule has 0 fully saturated rings. The van der Waals surface area contributed by atoms with E-state index in [4.69, 9.17) is 10.5 Å². The number of hydrogen-bond donors (Lipinski definition) is 2. The molecule has 0 unspecified atom stereocenters. The molecule has 0 radical (unpaired) electrons. The van der Waals surface area contributed by atoms with Crippen LogP contribution in [0.4, 0.5) is 5.82 Å². The van der Waals surface area contributed by atoms with Gasteiger partial charge in [-0.05, 0) is 35.0 Å². The predicted molar refractivity (Wildman–Crippen MR) is 80.6 cm³/mol. The maximum absolute atomic E-state index is 12.0. The van der Waals surface area contributed by atoms with E-state index in [1.807, 2.05) is 12.1 Å². The summed E-state index contributed by atoms with van der Waals surface area (Å²) in [4.78, 5) is 30.9. The summed E-state index contributed by atoms with van der Waals surface area (Å²) in [6, 6.07) is 3.67. The molecular formula is C12H12BrN3O3S. The first-order valence-corrected chi connectivity index (χ1v) is 7.42. The highest BCUT2D eigenvalue weighted by Gasteiger charge is 2.15. The lowest BCUT2D eigenvalue weighted by molar-refractivity contribution is -0.142. The third kappa shape index (κ3) is 3.26. The van der Waals surface area contributed by atoms with Crippen LogP contribution in [0.5, 0.6) is 0 Å². The van der Waals surface area contributed by atoms with Gasteiger partial charge in [0.05, 0.1) is 27.3 Å². The van der Waals surface area contributed by atoms with Gasteiger partial charge in [0.25, 0.3) is 5.56 Å². The summed E-state index contributed by atoms with van der Waals surface area (Å²) in [6.45, 7) is 1.95. The smallest absolute Gasteiger partial charge is 0.310 e. The minimum atomic E-state index is -0.502. The maximum atomic E-state index is 12.0. The van der Waals surface area contributed by atoms with Gasteiger partial charge in [-0.1, -0.05) is 0 Å². The number of nitrogens with zero attached hydrogens (tertiary/aromatic N) is 1. The second kappa shape index (κ2) is 6.19. The van der Waals surface area contributed by atoms with Crippen LogP contribution in [0.25, 0.3) is 10.7 Å². The Morgan fingerprint density at radius 1 is 1.55 bits per heavy atom. The molecule has 0 aliphatic rings. The third-order valence-corrected chi connectivity index (χ3v) is 4.11. The van der Waals surface area contributed by atoms with Crippen molar-refractivity contribution in [1.29, 1.82) is 0 Å². The number of halogens is 1. The Balaban J connectivity index is 2.34. The minimum absolute atomic E-state index is 0.0429. The summed E-state index contributed by atoms with van der Waals surface area (Å²) >= 11 is 4.76. The molecule has 2 rings (SSSR count). The van der Waals surface area contributed by atoms with Crippen LogP contribution in [0, 0.1) is 0 Å². The van der Waals surface area contributed by atoms with E-state index in [-0.39, 0.29) is 24.4 Å². The number of rotatable bonds is 4. The molecular weight excluding hydrogens is 346 g/mol. The standard InChI is InChI=1S/C12H12BrN3O3S/c1-2-19-9(17)5-6-10(14)15-11(16-12(6)18)7-3-4-8(13)20-7/h3-4H,2,5H2,1H3,(H3,14,15,16,18). The van der Waals surface area contributed by atoms with Crippen LogP contribution in [-0.4, -0.2) is 22.5 Å². The molecule has 0 saturated carbocycles. The summed E-state index contributed by atoms with van der Waals surface area (Å²) in [5.74, 6) is -0.0738. The Labute approximate surface area is 127 Å². The highest BCUT2D eigenvalue weighted by molar-refractivity contribution is 9.11. The van der Waals surface area contributed by atoms with Crippen LogP contribution < -0.4 is 11.3 Å². The molecule has 0 aromatic carbocycles. The van der Waals surface area contributed by atoms with Crippen LogP contribution in [0.2, 0.25) is 0 Å². The number of H-pyrrole nitrogens is 1. The van der Waals surface area contributed by atoms with Crippen molar-refractivity contribution in [2.45, 2.75) is 13.3 Å². The van der Waals surface area contributed by atoms with Gasteiger partial charge in [-0.2, -0.15) is 0 Å². The maximum Gasteiger partial charge on any atom is 0.310 e. The zero-order valence-electron chi connectivity index (χ0n) is 10.6. The van der Waals surface area contributed by atoms with Crippen molar-refractivity contribution in [1.82, 2.24) is 9.97 Å². The molecule has 2 aromatic heterocycles. The summed E-state index contributed by atoms with van der Waals surface area (Å²) in [6.07, 6.45) is -0.184. The van der Waals surface area contributed by atoms with E-state index in [1.54, 1.807) is 6.92 Å². The number of nitrogens with two attached hydrogens (primary N) is 1. The molecule has 0 aliphatic heterocycles. The van der Waals surface area contributed by atoms with Gasteiger partial charge in [-0.25, -0.2) is 4.98 Å². The molecule has 0 spiro atoms. The Bertz CT molecular complexity index is 695. The van der Waals surface area contributed by atoms with E-state index in [0.29, 0.717) is 5.82 Å². The average molecular weight is 358 g/mol. The second-order valence-electron chi connectivity index (χ2n) is 3.86. The first-order valence-electron chi connectivity index (χ1n) is 5.81. The van der Waals surface area contributed by atoms with Gasteiger partial charge in [-0.3, -0.25) is 9.59 Å². The fourth-order valence-corrected chi connectivity index (χ4v) is 2.93. The van der Waals surface area contributed by atoms with E-state index in [9.17, 15) is 9.59 Å². The zero-order chi connectivity index (χ0) is 14.7. The third-order valence-electron chi connectivity index (χ3n) is 2.48. The van der Waals surface area contributed by atoms with Crippen molar-refractivity contribution in [2.75, 3.05) is 12.3 Å². The number of hydrogen-bond acceptors (Lipinski definition) is 6. The van der Waals surface area contributed by atoms with Gasteiger partial charge in [0, 0.05) is 0 Å². The number of carbonyl (C=O) groups is 1. The van der Waals surface area contributed by atoms with Gasteiger partial charge < -0.3 is 15.5 Å². The van der Waals surface area contributed by atoms with Crippen molar-refractivity contribution in [3.63, 3.8) is 0 Å². The molecule has 6 nitrogen and oxygen atoms in total. The van der Waals surface area contributed by atoms with Crippen LogP contribution in [0.15, 0.2) is 20.7 Å². The van der Waals surface area contributed by atoms with Gasteiger partial charge in [0.15, 0.2) is 5.82 Å². The Hall–Kier alpha value is -1.67. The van der Waals surface area contributed by atoms with Gasteiger partial charge in [-0.15, -0.1) is 11.3 Å². The number of aromatic amines is 1. The van der Waals surface area contributed by atoms with Crippen LogP contribution in [0.1, 0.15) is 12.5 Å². The van der Waals surface area contributed by atoms with Crippen molar-refractivity contribution < 1.29 is 9.53 Å². The van der Waals surface area contributed by atoms with E-state index >= 15 is 0 Å². The first-order chi connectivity index (χ1) is 9.51. The van der Waals surface area contributed by atoms with Crippen molar-refractivity contribution in [2.24, 2.45) is 0 Å². The van der Waals surface area contributed by atoms with Gasteiger partial charge >= 0.3 is 5.97 Å². The van der Waals surface area contributed by atoms with Gasteiger partial charge in [0.2, 0.25) is 0 Å². The molecule has 106 valence electrons. The van der Waals surface area contributed by atoms with Crippen LogP contribution >= 0.6 is 27.3 Å². The lowest BCUT2D eigenvalue weighted by Crippen LogP contribution is -2.22. The molecule has 8 heteroatoms. The lowest BCUT2D eigenvalue weighted by Gasteiger charge is -2.05. The first kappa shape index (κ1) is 14.7. The topological polar surface area (TPSA) is 98.1 Å². The van der Waals surface area contributed by atoms with Gasteiger partial charge in [0.1, 0.15) is 5.82 Å². The Morgan fingerprint density at radius 3 is 2.85 bits per heavy atom. The van der Waals surface area contributed by atoms with Crippen LogP contribution in [-0.2, 0) is 16.0 Å². The highest BCUT2D eigenvalue weighted by Crippen LogP contribution is 2.29. The van der Waals surface area contributed by atoms with E-state index in [1.165, 1.54) is 11.3 Å². The molecule has 3 N–H and O–H groups in total. The molecule has 0 saturated heterocycles. The average Bonchev–Trinajstić information content (AvgIpc) is 2.80. The SMILES string of the molecule is CCOC(=O)Cc1c(N)nc(-c2ccc(Br)s2)[nH]c1=O. The van der Waals surface area contributed by atoms with Crippen molar-refractivity contribution in [3.05, 3.63) is 31.8 Å². The molecule has 0 atom stereocenters. The Morgan fingerprint density at radius 2 is 2.30 bits per heavy atom. The summed E-state index contributed by atoms with van der Waals surface area (Å²) in [5, 5.41) is 0. The predicted octanol–water partition coefficient (Wildman–Crippen LogP) is 1.95. The number of thiophene rings is 1. The highest BCUT2D eigenvalue weighted by atomic mass is 79.9. The summed E-state index contributed by atoms with van der Waals surface area (Å²) in [5.41, 5.74) is 5.47. The van der Waals surface area contributed by atoms with E-state index in [0.717, 1.165) is 8.66 Å². The molecule has 0 amide bonds. The summed E-state index contributed by atoms with van der Waals surface area (Å²) in [7, 11) is 0. The number of nitrogens with one attached hydrogen (secondary N) is 1. The minimum Gasteiger partial charge on any atom is -0.466 e. The van der Waals surface area contributed by atoms with Crippen molar-refractivity contribution in [3.8, 4) is 10.7 Å². The zero-order valence-corrected chi connectivity index (χ0v) is 13.0. The molecule has 20 heavy (non-hydrogen) atoms. The summed E-state index contributed by atoms with van der Waals surface area (Å²) < 4.78 is 5.72. The monoisotopic (exact) mass is 357 g/mol. The lowest BCUT2D eigenvalue weighted by atomic mass is 10.2. The number of anilines is 1. The van der Waals surface area contributed by atoms with E-state index in [2.05, 4.69) is 25.9 Å². The fraction of sp³-hybridized carbons (Fsp3) is 0.250.